The SMILES string of the molecule is COCc1ccccc1CNC(=O)CCNC(=O)OCC(F)(F)F. The van der Waals surface area contributed by atoms with E-state index in [4.69, 9.17) is 4.74 Å². The van der Waals surface area contributed by atoms with Crippen LogP contribution in [0.4, 0.5) is 18.0 Å². The highest BCUT2D eigenvalue weighted by molar-refractivity contribution is 5.77. The van der Waals surface area contributed by atoms with Crippen LogP contribution in [-0.4, -0.2) is 38.4 Å². The van der Waals surface area contributed by atoms with E-state index in [1.54, 1.807) is 7.11 Å². The Kier molecular flexibility index (Phi) is 8.03. The van der Waals surface area contributed by atoms with Crippen LogP contribution in [0.1, 0.15) is 17.5 Å². The third-order valence-electron chi connectivity index (χ3n) is 2.88. The van der Waals surface area contributed by atoms with Gasteiger partial charge in [-0.2, -0.15) is 13.2 Å². The Morgan fingerprint density at radius 3 is 2.42 bits per heavy atom. The molecule has 0 saturated carbocycles. The number of rotatable bonds is 8. The first-order valence-electron chi connectivity index (χ1n) is 7.11. The minimum absolute atomic E-state index is 0.0758. The number of nitrogens with one attached hydrogen (secondary N) is 2. The molecule has 0 spiro atoms. The highest BCUT2D eigenvalue weighted by Gasteiger charge is 2.29. The summed E-state index contributed by atoms with van der Waals surface area (Å²) in [6.45, 7) is -1.08. The lowest BCUT2D eigenvalue weighted by Crippen LogP contribution is -2.32. The molecule has 0 fully saturated rings. The van der Waals surface area contributed by atoms with Crippen molar-refractivity contribution < 1.29 is 32.2 Å². The van der Waals surface area contributed by atoms with Crippen LogP contribution in [0.25, 0.3) is 0 Å². The lowest BCUT2D eigenvalue weighted by molar-refractivity contribution is -0.160. The van der Waals surface area contributed by atoms with Gasteiger partial charge in [0.2, 0.25) is 5.91 Å². The number of carbonyl (C=O) groups excluding carboxylic acids is 2. The maximum atomic E-state index is 11.8. The molecule has 0 bridgehead atoms. The van der Waals surface area contributed by atoms with Crippen LogP contribution in [0, 0.1) is 0 Å². The molecule has 0 unspecified atom stereocenters. The number of methoxy groups -OCH3 is 1. The largest absolute Gasteiger partial charge is 0.440 e. The monoisotopic (exact) mass is 348 g/mol. The Hall–Kier alpha value is -2.29. The number of alkyl halides is 3. The molecule has 9 heteroatoms. The van der Waals surface area contributed by atoms with E-state index >= 15 is 0 Å². The van der Waals surface area contributed by atoms with Gasteiger partial charge in [0, 0.05) is 26.6 Å². The molecule has 0 radical (unpaired) electrons. The summed E-state index contributed by atoms with van der Waals surface area (Å²) in [5, 5.41) is 4.74. The van der Waals surface area contributed by atoms with Gasteiger partial charge in [-0.25, -0.2) is 4.79 Å². The summed E-state index contributed by atoms with van der Waals surface area (Å²) in [6, 6.07) is 7.42. The van der Waals surface area contributed by atoms with E-state index in [2.05, 4.69) is 15.4 Å². The van der Waals surface area contributed by atoms with Crippen molar-refractivity contribution >= 4 is 12.0 Å². The van der Waals surface area contributed by atoms with E-state index in [1.807, 2.05) is 24.3 Å². The molecule has 134 valence electrons. The van der Waals surface area contributed by atoms with Gasteiger partial charge in [0.05, 0.1) is 6.61 Å². The molecule has 0 aliphatic heterocycles. The summed E-state index contributed by atoms with van der Waals surface area (Å²) >= 11 is 0. The van der Waals surface area contributed by atoms with E-state index < -0.39 is 18.9 Å². The Morgan fingerprint density at radius 2 is 1.79 bits per heavy atom. The van der Waals surface area contributed by atoms with Crippen LogP contribution in [0.2, 0.25) is 0 Å². The number of alkyl carbamates (subject to hydrolysis) is 1. The normalized spacial score (nSPS) is 11.0. The van der Waals surface area contributed by atoms with Crippen LogP contribution in [0.5, 0.6) is 0 Å². The van der Waals surface area contributed by atoms with E-state index in [-0.39, 0.29) is 25.4 Å². The molecular weight excluding hydrogens is 329 g/mol. The summed E-state index contributed by atoms with van der Waals surface area (Å²) < 4.78 is 44.5. The summed E-state index contributed by atoms with van der Waals surface area (Å²) in [7, 11) is 1.57. The second-order valence-electron chi connectivity index (χ2n) is 4.85. The maximum Gasteiger partial charge on any atom is 0.422 e. The average Bonchev–Trinajstić information content (AvgIpc) is 2.52. The minimum Gasteiger partial charge on any atom is -0.440 e. The molecule has 0 aliphatic carbocycles. The van der Waals surface area contributed by atoms with Gasteiger partial charge in [0.15, 0.2) is 6.61 Å². The Balaban J connectivity index is 2.26. The second-order valence-corrected chi connectivity index (χ2v) is 4.85. The van der Waals surface area contributed by atoms with Gasteiger partial charge in [-0.15, -0.1) is 0 Å². The Labute approximate surface area is 137 Å². The van der Waals surface area contributed by atoms with Gasteiger partial charge >= 0.3 is 12.3 Å². The number of ether oxygens (including phenoxy) is 2. The molecule has 1 rings (SSSR count). The molecule has 2 N–H and O–H groups in total. The van der Waals surface area contributed by atoms with E-state index in [1.165, 1.54) is 0 Å². The number of halogens is 3. The third kappa shape index (κ3) is 8.37. The van der Waals surface area contributed by atoms with Crippen molar-refractivity contribution in [2.45, 2.75) is 25.7 Å². The van der Waals surface area contributed by atoms with Crippen molar-refractivity contribution in [3.8, 4) is 0 Å². The van der Waals surface area contributed by atoms with Crippen LogP contribution in [-0.2, 0) is 27.4 Å². The fraction of sp³-hybridized carbons (Fsp3) is 0.467. The first-order chi connectivity index (χ1) is 11.3. The summed E-state index contributed by atoms with van der Waals surface area (Å²) in [5.41, 5.74) is 1.83. The number of amides is 2. The van der Waals surface area contributed by atoms with Crippen molar-refractivity contribution in [1.82, 2.24) is 10.6 Å². The fourth-order valence-corrected chi connectivity index (χ4v) is 1.78. The van der Waals surface area contributed by atoms with Crippen molar-refractivity contribution in [3.05, 3.63) is 35.4 Å². The molecule has 1 aromatic carbocycles. The number of hydrogen-bond donors (Lipinski definition) is 2. The summed E-state index contributed by atoms with van der Waals surface area (Å²) in [5.74, 6) is -0.349. The molecule has 2 amide bonds. The molecule has 0 aromatic heterocycles. The zero-order valence-corrected chi connectivity index (χ0v) is 13.1. The van der Waals surface area contributed by atoms with Gasteiger partial charge in [0.25, 0.3) is 0 Å². The lowest BCUT2D eigenvalue weighted by atomic mass is 10.1. The van der Waals surface area contributed by atoms with Crippen molar-refractivity contribution in [2.75, 3.05) is 20.3 Å². The summed E-state index contributed by atoms with van der Waals surface area (Å²) in [6.07, 6.45) is -5.87. The zero-order chi connectivity index (χ0) is 18.0. The number of hydrogen-bond acceptors (Lipinski definition) is 4. The fourth-order valence-electron chi connectivity index (χ4n) is 1.78. The zero-order valence-electron chi connectivity index (χ0n) is 13.1. The smallest absolute Gasteiger partial charge is 0.422 e. The second kappa shape index (κ2) is 9.76. The van der Waals surface area contributed by atoms with Crippen molar-refractivity contribution in [2.24, 2.45) is 0 Å². The van der Waals surface area contributed by atoms with E-state index in [0.717, 1.165) is 11.1 Å². The highest BCUT2D eigenvalue weighted by atomic mass is 19.4. The predicted octanol–water partition coefficient (Wildman–Crippen LogP) is 2.13. The minimum atomic E-state index is -4.58. The average molecular weight is 348 g/mol. The Bertz CT molecular complexity index is 550. The van der Waals surface area contributed by atoms with Crippen LogP contribution in [0.15, 0.2) is 24.3 Å². The van der Waals surface area contributed by atoms with Gasteiger partial charge < -0.3 is 20.1 Å². The van der Waals surface area contributed by atoms with Gasteiger partial charge in [0.1, 0.15) is 0 Å². The summed E-state index contributed by atoms with van der Waals surface area (Å²) in [4.78, 5) is 22.7. The standard InChI is InChI=1S/C15H19F3N2O4/c1-23-9-12-5-3-2-4-11(12)8-20-13(21)6-7-19-14(22)24-10-15(16,17)18/h2-5H,6-10H2,1H3,(H,19,22)(H,20,21). The highest BCUT2D eigenvalue weighted by Crippen LogP contribution is 2.14. The van der Waals surface area contributed by atoms with E-state index in [0.29, 0.717) is 6.61 Å². The molecule has 6 nitrogen and oxygen atoms in total. The molecule has 0 atom stereocenters. The molecule has 24 heavy (non-hydrogen) atoms. The van der Waals surface area contributed by atoms with Crippen LogP contribution in [0.3, 0.4) is 0 Å². The number of carbonyl (C=O) groups is 2. The van der Waals surface area contributed by atoms with Gasteiger partial charge in [-0.05, 0) is 11.1 Å². The predicted molar refractivity (Wildman–Crippen MR) is 79.0 cm³/mol. The Morgan fingerprint density at radius 1 is 1.12 bits per heavy atom. The van der Waals surface area contributed by atoms with E-state index in [9.17, 15) is 22.8 Å². The molecule has 0 aliphatic rings. The number of benzene rings is 1. The molecule has 0 heterocycles. The van der Waals surface area contributed by atoms with Gasteiger partial charge in [-0.1, -0.05) is 24.3 Å². The molecule has 0 saturated heterocycles. The topological polar surface area (TPSA) is 76.7 Å². The van der Waals surface area contributed by atoms with Crippen molar-refractivity contribution in [1.29, 1.82) is 0 Å². The first-order valence-corrected chi connectivity index (χ1v) is 7.11. The van der Waals surface area contributed by atoms with Crippen LogP contribution < -0.4 is 10.6 Å². The van der Waals surface area contributed by atoms with Crippen molar-refractivity contribution in [3.63, 3.8) is 0 Å². The third-order valence-corrected chi connectivity index (χ3v) is 2.88. The lowest BCUT2D eigenvalue weighted by Gasteiger charge is -2.11. The van der Waals surface area contributed by atoms with Crippen LogP contribution >= 0.6 is 0 Å². The quantitative estimate of drug-likeness (QED) is 0.755. The maximum absolute atomic E-state index is 11.8. The molecule has 1 aromatic rings. The first kappa shape index (κ1) is 19.8. The van der Waals surface area contributed by atoms with Gasteiger partial charge in [-0.3, -0.25) is 4.79 Å². The molecular formula is C15H19F3N2O4.